The minimum atomic E-state index is -0.442. The fourth-order valence-electron chi connectivity index (χ4n) is 5.12. The smallest absolute Gasteiger partial charge is 0.231 e. The van der Waals surface area contributed by atoms with Gasteiger partial charge >= 0.3 is 0 Å². The average molecular weight is 354 g/mol. The summed E-state index contributed by atoms with van der Waals surface area (Å²) < 4.78 is 22.4. The molecule has 0 spiro atoms. The molecule has 0 aromatic heterocycles. The van der Waals surface area contributed by atoms with Crippen molar-refractivity contribution in [2.24, 2.45) is 0 Å². The Hall–Kier alpha value is -2.44. The van der Waals surface area contributed by atoms with E-state index in [1.807, 2.05) is 12.1 Å². The SMILES string of the molecule is C[NH+]1Cc2c(ccc3c2OCO3)[C@@H]2[C@@H](O)Cc3cc4c(cc3[C@@H]21)OCO4. The second-order valence-corrected chi connectivity index (χ2v) is 7.57. The summed E-state index contributed by atoms with van der Waals surface area (Å²) in [6.07, 6.45) is 0.177. The monoisotopic (exact) mass is 354 g/mol. The molecule has 6 rings (SSSR count). The minimum absolute atomic E-state index is 0.0288. The van der Waals surface area contributed by atoms with Gasteiger partial charge in [0.2, 0.25) is 13.6 Å². The maximum absolute atomic E-state index is 11.1. The number of nitrogens with one attached hydrogen (secondary N) is 1. The fourth-order valence-corrected chi connectivity index (χ4v) is 5.12. The number of fused-ring (bicyclic) bond motifs is 8. The van der Waals surface area contributed by atoms with Crippen LogP contribution in [0.1, 0.15) is 34.2 Å². The van der Waals surface area contributed by atoms with Crippen molar-refractivity contribution in [2.45, 2.75) is 31.0 Å². The number of quaternary nitrogens is 1. The highest BCUT2D eigenvalue weighted by Gasteiger charge is 2.48. The first-order valence-electron chi connectivity index (χ1n) is 9.05. The van der Waals surface area contributed by atoms with E-state index in [0.717, 1.165) is 35.1 Å². The number of hydrogen-bond donors (Lipinski definition) is 2. The zero-order valence-corrected chi connectivity index (χ0v) is 14.5. The van der Waals surface area contributed by atoms with Crippen LogP contribution < -0.4 is 23.8 Å². The second-order valence-electron chi connectivity index (χ2n) is 7.57. The molecule has 2 aromatic carbocycles. The number of ether oxygens (including phenoxy) is 4. The third-order valence-corrected chi connectivity index (χ3v) is 6.20. The number of benzene rings is 2. The van der Waals surface area contributed by atoms with Crippen LogP contribution in [0, 0.1) is 0 Å². The third kappa shape index (κ3) is 1.83. The molecule has 1 aliphatic carbocycles. The molecule has 0 bridgehead atoms. The zero-order chi connectivity index (χ0) is 17.4. The second kappa shape index (κ2) is 5.05. The normalized spacial score (nSPS) is 29.8. The molecule has 26 heavy (non-hydrogen) atoms. The van der Waals surface area contributed by atoms with Crippen molar-refractivity contribution in [1.29, 1.82) is 0 Å². The van der Waals surface area contributed by atoms with E-state index < -0.39 is 6.10 Å². The summed E-state index contributed by atoms with van der Waals surface area (Å²) in [5.74, 6) is 3.28. The van der Waals surface area contributed by atoms with Crippen molar-refractivity contribution in [3.8, 4) is 23.0 Å². The van der Waals surface area contributed by atoms with Gasteiger partial charge in [0.1, 0.15) is 12.6 Å². The van der Waals surface area contributed by atoms with Gasteiger partial charge in [0, 0.05) is 5.56 Å². The molecule has 0 radical (unpaired) electrons. The molecular weight excluding hydrogens is 334 g/mol. The van der Waals surface area contributed by atoms with Gasteiger partial charge in [-0.15, -0.1) is 0 Å². The summed E-state index contributed by atoms with van der Waals surface area (Å²) in [4.78, 5) is 1.34. The highest BCUT2D eigenvalue weighted by atomic mass is 16.7. The number of aliphatic hydroxyl groups is 1. The quantitative estimate of drug-likeness (QED) is 0.737. The highest BCUT2D eigenvalue weighted by molar-refractivity contribution is 5.56. The van der Waals surface area contributed by atoms with Crippen LogP contribution in [0.2, 0.25) is 0 Å². The lowest BCUT2D eigenvalue weighted by atomic mass is 9.70. The molecule has 0 amide bonds. The molecular formula is C20H20NO5+. The highest BCUT2D eigenvalue weighted by Crippen LogP contribution is 2.49. The predicted molar refractivity (Wildman–Crippen MR) is 90.9 cm³/mol. The first kappa shape index (κ1) is 14.7. The maximum atomic E-state index is 11.1. The van der Waals surface area contributed by atoms with Crippen LogP contribution in [0.3, 0.4) is 0 Å². The Morgan fingerprint density at radius 1 is 0.962 bits per heavy atom. The molecule has 0 saturated heterocycles. The number of aliphatic hydroxyl groups excluding tert-OH is 1. The molecule has 2 N–H and O–H groups in total. The Kier molecular flexibility index (Phi) is 2.86. The van der Waals surface area contributed by atoms with Crippen molar-refractivity contribution >= 4 is 0 Å². The van der Waals surface area contributed by atoms with Crippen LogP contribution in [0.25, 0.3) is 0 Å². The van der Waals surface area contributed by atoms with E-state index in [0.29, 0.717) is 6.42 Å². The molecule has 4 atom stereocenters. The van der Waals surface area contributed by atoms with Crippen molar-refractivity contribution < 1.29 is 29.0 Å². The van der Waals surface area contributed by atoms with Gasteiger partial charge in [-0.3, -0.25) is 0 Å². The Morgan fingerprint density at radius 3 is 2.62 bits per heavy atom. The summed E-state index contributed by atoms with van der Waals surface area (Å²) in [5, 5.41) is 11.1. The minimum Gasteiger partial charge on any atom is -0.454 e. The molecule has 4 aliphatic rings. The first-order chi connectivity index (χ1) is 12.7. The van der Waals surface area contributed by atoms with Crippen LogP contribution in [0.5, 0.6) is 23.0 Å². The molecule has 3 heterocycles. The van der Waals surface area contributed by atoms with E-state index >= 15 is 0 Å². The molecule has 6 nitrogen and oxygen atoms in total. The predicted octanol–water partition coefficient (Wildman–Crippen LogP) is 0.914. The lowest BCUT2D eigenvalue weighted by Crippen LogP contribution is -3.09. The van der Waals surface area contributed by atoms with Crippen LogP contribution in [0.4, 0.5) is 0 Å². The Morgan fingerprint density at radius 2 is 1.73 bits per heavy atom. The lowest BCUT2D eigenvalue weighted by molar-refractivity contribution is -0.931. The molecule has 2 aromatic rings. The van der Waals surface area contributed by atoms with E-state index in [1.54, 1.807) is 0 Å². The van der Waals surface area contributed by atoms with E-state index in [9.17, 15) is 5.11 Å². The van der Waals surface area contributed by atoms with Crippen LogP contribution >= 0.6 is 0 Å². The average Bonchev–Trinajstić information content (AvgIpc) is 3.28. The summed E-state index contributed by atoms with van der Waals surface area (Å²) in [6.45, 7) is 1.38. The molecule has 0 fully saturated rings. The summed E-state index contributed by atoms with van der Waals surface area (Å²) in [7, 11) is 2.18. The number of likely N-dealkylation sites (N-methyl/N-ethyl adjacent to an activating group) is 1. The van der Waals surface area contributed by atoms with E-state index in [1.165, 1.54) is 21.6 Å². The maximum Gasteiger partial charge on any atom is 0.231 e. The van der Waals surface area contributed by atoms with Gasteiger partial charge in [0.25, 0.3) is 0 Å². The topological polar surface area (TPSA) is 61.6 Å². The Balaban J connectivity index is 1.53. The van der Waals surface area contributed by atoms with Gasteiger partial charge in [-0.05, 0) is 35.7 Å². The summed E-state index contributed by atoms with van der Waals surface area (Å²) >= 11 is 0. The van der Waals surface area contributed by atoms with Crippen molar-refractivity contribution in [3.63, 3.8) is 0 Å². The van der Waals surface area contributed by atoms with Crippen LogP contribution in [-0.2, 0) is 13.0 Å². The van der Waals surface area contributed by atoms with Gasteiger partial charge in [0.05, 0.1) is 24.6 Å². The standard InChI is InChI=1S/C20H19NO5/c1-21-7-13-11(2-3-15-20(13)26-9-23-15)18-14(22)4-10-5-16-17(25-8-24-16)6-12(10)19(18)21/h2-3,5-6,14,18-19,22H,4,7-9H2,1H3/p+1/t14-,18+,19-/m0/s1. The molecule has 1 unspecified atom stereocenters. The van der Waals surface area contributed by atoms with Gasteiger partial charge in [-0.2, -0.15) is 0 Å². The lowest BCUT2D eigenvalue weighted by Gasteiger charge is -2.44. The van der Waals surface area contributed by atoms with Crippen LogP contribution in [0.15, 0.2) is 24.3 Å². The van der Waals surface area contributed by atoms with Crippen molar-refractivity contribution in [2.75, 3.05) is 20.6 Å². The van der Waals surface area contributed by atoms with Gasteiger partial charge in [0.15, 0.2) is 23.0 Å². The molecule has 6 heteroatoms. The first-order valence-corrected chi connectivity index (χ1v) is 9.05. The van der Waals surface area contributed by atoms with Crippen LogP contribution in [-0.4, -0.2) is 31.8 Å². The number of hydrogen-bond acceptors (Lipinski definition) is 5. The molecule has 134 valence electrons. The third-order valence-electron chi connectivity index (χ3n) is 6.20. The Labute approximate surface area is 150 Å². The van der Waals surface area contributed by atoms with Gasteiger partial charge in [-0.25, -0.2) is 0 Å². The van der Waals surface area contributed by atoms with Crippen molar-refractivity contribution in [3.05, 3.63) is 46.5 Å². The van der Waals surface area contributed by atoms with Gasteiger partial charge < -0.3 is 29.0 Å². The van der Waals surface area contributed by atoms with E-state index in [-0.39, 0.29) is 25.5 Å². The summed E-state index contributed by atoms with van der Waals surface area (Å²) in [5.41, 5.74) is 4.76. The summed E-state index contributed by atoms with van der Waals surface area (Å²) in [6, 6.07) is 8.41. The Bertz CT molecular complexity index is 925. The van der Waals surface area contributed by atoms with Gasteiger partial charge in [-0.1, -0.05) is 6.07 Å². The molecule has 3 aliphatic heterocycles. The van der Waals surface area contributed by atoms with Crippen molar-refractivity contribution in [1.82, 2.24) is 0 Å². The van der Waals surface area contributed by atoms with E-state index in [2.05, 4.69) is 19.2 Å². The zero-order valence-electron chi connectivity index (χ0n) is 14.5. The molecule has 0 saturated carbocycles. The largest absolute Gasteiger partial charge is 0.454 e. The number of rotatable bonds is 0. The fraction of sp³-hybridized carbons (Fsp3) is 0.400. The van der Waals surface area contributed by atoms with E-state index in [4.69, 9.17) is 18.9 Å².